The first kappa shape index (κ1) is 12.6. The van der Waals surface area contributed by atoms with Crippen LogP contribution in [0.3, 0.4) is 0 Å². The number of rotatable bonds is 4. The maximum absolute atomic E-state index is 11.3. The van der Waals surface area contributed by atoms with Gasteiger partial charge in [-0.2, -0.15) is 0 Å². The van der Waals surface area contributed by atoms with Crippen LogP contribution in [0.5, 0.6) is 0 Å². The zero-order valence-electron chi connectivity index (χ0n) is 9.53. The Labute approximate surface area is 92.4 Å². The third-order valence-electron chi connectivity index (χ3n) is 3.26. The second kappa shape index (κ2) is 5.01. The molecule has 0 aromatic carbocycles. The molecule has 1 fully saturated rings. The molecule has 1 rings (SSSR count). The minimum absolute atomic E-state index is 0.0742. The van der Waals surface area contributed by atoms with Gasteiger partial charge in [-0.15, -0.1) is 0 Å². The SMILES string of the molecule is C/C=C/OCC1(CC)CCS(=O)(=O)CC1. The van der Waals surface area contributed by atoms with E-state index in [0.29, 0.717) is 18.1 Å². The standard InChI is InChI=1S/C11H20O3S/c1-3-7-14-10-11(4-2)5-8-15(12,13)9-6-11/h3,7H,4-6,8-10H2,1-2H3/b7-3+. The quantitative estimate of drug-likeness (QED) is 0.697. The molecule has 3 nitrogen and oxygen atoms in total. The fourth-order valence-electron chi connectivity index (χ4n) is 1.89. The van der Waals surface area contributed by atoms with Crippen molar-refractivity contribution in [2.45, 2.75) is 33.1 Å². The number of allylic oxidation sites excluding steroid dienone is 1. The van der Waals surface area contributed by atoms with Gasteiger partial charge in [0.1, 0.15) is 9.84 Å². The summed E-state index contributed by atoms with van der Waals surface area (Å²) in [6.45, 7) is 4.66. The van der Waals surface area contributed by atoms with E-state index in [1.165, 1.54) is 0 Å². The molecule has 0 saturated carbocycles. The van der Waals surface area contributed by atoms with Crippen molar-refractivity contribution in [3.05, 3.63) is 12.3 Å². The van der Waals surface area contributed by atoms with Gasteiger partial charge < -0.3 is 4.74 Å². The number of hydrogen-bond acceptors (Lipinski definition) is 3. The van der Waals surface area contributed by atoms with E-state index in [2.05, 4.69) is 6.92 Å². The summed E-state index contributed by atoms with van der Waals surface area (Å²) >= 11 is 0. The van der Waals surface area contributed by atoms with E-state index >= 15 is 0 Å². The van der Waals surface area contributed by atoms with Gasteiger partial charge in [0.05, 0.1) is 24.4 Å². The van der Waals surface area contributed by atoms with Crippen molar-refractivity contribution in [3.8, 4) is 0 Å². The Morgan fingerprint density at radius 3 is 2.40 bits per heavy atom. The molecule has 0 aromatic heterocycles. The predicted molar refractivity (Wildman–Crippen MR) is 61.4 cm³/mol. The lowest BCUT2D eigenvalue weighted by Gasteiger charge is -2.35. The van der Waals surface area contributed by atoms with E-state index < -0.39 is 9.84 Å². The van der Waals surface area contributed by atoms with E-state index in [9.17, 15) is 8.42 Å². The van der Waals surface area contributed by atoms with Crippen LogP contribution in [0.15, 0.2) is 12.3 Å². The molecule has 1 saturated heterocycles. The molecule has 0 radical (unpaired) electrons. The molecule has 0 N–H and O–H groups in total. The Bertz CT molecular complexity index is 303. The van der Waals surface area contributed by atoms with Crippen LogP contribution in [0.25, 0.3) is 0 Å². The highest BCUT2D eigenvalue weighted by molar-refractivity contribution is 7.91. The Morgan fingerprint density at radius 2 is 1.93 bits per heavy atom. The molecule has 1 aliphatic rings. The van der Waals surface area contributed by atoms with Crippen LogP contribution < -0.4 is 0 Å². The lowest BCUT2D eigenvalue weighted by atomic mass is 9.80. The highest BCUT2D eigenvalue weighted by Crippen LogP contribution is 2.36. The fraction of sp³-hybridized carbons (Fsp3) is 0.818. The van der Waals surface area contributed by atoms with Gasteiger partial charge in [-0.3, -0.25) is 0 Å². The van der Waals surface area contributed by atoms with Crippen LogP contribution in [0.1, 0.15) is 33.1 Å². The molecule has 88 valence electrons. The van der Waals surface area contributed by atoms with Crippen molar-refractivity contribution in [1.29, 1.82) is 0 Å². The lowest BCUT2D eigenvalue weighted by Crippen LogP contribution is -2.36. The first-order valence-corrected chi connectivity index (χ1v) is 7.29. The van der Waals surface area contributed by atoms with Crippen molar-refractivity contribution in [1.82, 2.24) is 0 Å². The van der Waals surface area contributed by atoms with Crippen molar-refractivity contribution in [3.63, 3.8) is 0 Å². The number of ether oxygens (including phenoxy) is 1. The molecule has 0 unspecified atom stereocenters. The summed E-state index contributed by atoms with van der Waals surface area (Å²) in [6, 6.07) is 0. The van der Waals surface area contributed by atoms with Gasteiger partial charge in [-0.05, 0) is 26.2 Å². The summed E-state index contributed by atoms with van der Waals surface area (Å²) in [5, 5.41) is 0. The largest absolute Gasteiger partial charge is 0.501 e. The van der Waals surface area contributed by atoms with Crippen molar-refractivity contribution in [2.75, 3.05) is 18.1 Å². The van der Waals surface area contributed by atoms with Crippen molar-refractivity contribution in [2.24, 2.45) is 5.41 Å². The van der Waals surface area contributed by atoms with Crippen molar-refractivity contribution >= 4 is 9.84 Å². The first-order chi connectivity index (χ1) is 7.04. The highest BCUT2D eigenvalue weighted by Gasteiger charge is 2.36. The molecule has 1 heterocycles. The molecule has 1 aliphatic heterocycles. The molecule has 15 heavy (non-hydrogen) atoms. The zero-order chi connectivity index (χ0) is 11.4. The predicted octanol–water partition coefficient (Wildman–Crippen LogP) is 2.14. The summed E-state index contributed by atoms with van der Waals surface area (Å²) in [4.78, 5) is 0. The molecule has 0 bridgehead atoms. The number of hydrogen-bond donors (Lipinski definition) is 0. The van der Waals surface area contributed by atoms with E-state index in [4.69, 9.17) is 4.74 Å². The van der Waals surface area contributed by atoms with Gasteiger partial charge in [-0.1, -0.05) is 13.0 Å². The van der Waals surface area contributed by atoms with E-state index in [0.717, 1.165) is 19.3 Å². The van der Waals surface area contributed by atoms with Crippen LogP contribution in [-0.4, -0.2) is 26.5 Å². The molecular formula is C11H20O3S. The zero-order valence-corrected chi connectivity index (χ0v) is 10.3. The molecule has 0 aliphatic carbocycles. The van der Waals surface area contributed by atoms with Gasteiger partial charge in [0, 0.05) is 5.41 Å². The van der Waals surface area contributed by atoms with Crippen LogP contribution in [0.4, 0.5) is 0 Å². The Morgan fingerprint density at radius 1 is 1.33 bits per heavy atom. The molecule has 0 aromatic rings. The maximum atomic E-state index is 11.3. The van der Waals surface area contributed by atoms with Gasteiger partial charge in [0.15, 0.2) is 0 Å². The third-order valence-corrected chi connectivity index (χ3v) is 4.91. The second-order valence-corrected chi connectivity index (χ2v) is 6.59. The van der Waals surface area contributed by atoms with E-state index in [1.807, 2.05) is 13.0 Å². The Balaban J connectivity index is 2.56. The van der Waals surface area contributed by atoms with Crippen LogP contribution in [-0.2, 0) is 14.6 Å². The lowest BCUT2D eigenvalue weighted by molar-refractivity contribution is 0.0926. The fourth-order valence-corrected chi connectivity index (χ4v) is 3.58. The Kier molecular flexibility index (Phi) is 4.20. The van der Waals surface area contributed by atoms with Gasteiger partial charge in [0.25, 0.3) is 0 Å². The second-order valence-electron chi connectivity index (χ2n) is 4.29. The smallest absolute Gasteiger partial charge is 0.150 e. The molecule has 0 atom stereocenters. The summed E-state index contributed by atoms with van der Waals surface area (Å²) in [7, 11) is -2.77. The monoisotopic (exact) mass is 232 g/mol. The normalized spacial score (nSPS) is 24.1. The first-order valence-electron chi connectivity index (χ1n) is 5.47. The summed E-state index contributed by atoms with van der Waals surface area (Å²) in [5.41, 5.74) is 0.0742. The average Bonchev–Trinajstić information content (AvgIpc) is 2.22. The van der Waals surface area contributed by atoms with Crippen molar-refractivity contribution < 1.29 is 13.2 Å². The topological polar surface area (TPSA) is 43.4 Å². The van der Waals surface area contributed by atoms with Crippen LogP contribution >= 0.6 is 0 Å². The maximum Gasteiger partial charge on any atom is 0.150 e. The van der Waals surface area contributed by atoms with Gasteiger partial charge in [-0.25, -0.2) is 8.42 Å². The third kappa shape index (κ3) is 3.52. The number of sulfone groups is 1. The summed E-state index contributed by atoms with van der Waals surface area (Å²) in [6.07, 6.45) is 6.00. The summed E-state index contributed by atoms with van der Waals surface area (Å²) < 4.78 is 28.1. The van der Waals surface area contributed by atoms with E-state index in [-0.39, 0.29) is 5.41 Å². The molecule has 0 amide bonds. The van der Waals surface area contributed by atoms with Gasteiger partial charge in [0.2, 0.25) is 0 Å². The average molecular weight is 232 g/mol. The highest BCUT2D eigenvalue weighted by atomic mass is 32.2. The van der Waals surface area contributed by atoms with Crippen LogP contribution in [0, 0.1) is 5.41 Å². The molecule has 4 heteroatoms. The van der Waals surface area contributed by atoms with Gasteiger partial charge >= 0.3 is 0 Å². The molecular weight excluding hydrogens is 212 g/mol. The van der Waals surface area contributed by atoms with E-state index in [1.54, 1.807) is 6.26 Å². The minimum atomic E-state index is -2.77. The Hall–Kier alpha value is -0.510. The van der Waals surface area contributed by atoms with Crippen LogP contribution in [0.2, 0.25) is 0 Å². The summed E-state index contributed by atoms with van der Waals surface area (Å²) in [5.74, 6) is 0.639. The minimum Gasteiger partial charge on any atom is -0.501 e. The molecule has 0 spiro atoms.